The van der Waals surface area contributed by atoms with E-state index in [9.17, 15) is 4.79 Å². The Hall–Kier alpha value is -1.39. The molecule has 1 aromatic rings. The largest absolute Gasteiger partial charge is 0.359 e. The highest BCUT2D eigenvalue weighted by Crippen LogP contribution is 2.31. The first-order chi connectivity index (χ1) is 11.8. The lowest BCUT2D eigenvalue weighted by Gasteiger charge is -2.44. The van der Waals surface area contributed by atoms with E-state index in [-0.39, 0.29) is 5.91 Å². The predicted octanol–water partition coefficient (Wildman–Crippen LogP) is 2.50. The molecule has 0 spiro atoms. The maximum atomic E-state index is 11.8. The fourth-order valence-electron chi connectivity index (χ4n) is 4.34. The number of nitrogens with one attached hydrogen (secondary N) is 1. The monoisotopic (exact) mass is 329 g/mol. The van der Waals surface area contributed by atoms with Crippen molar-refractivity contribution >= 4 is 5.91 Å². The van der Waals surface area contributed by atoms with Crippen LogP contribution in [0.5, 0.6) is 0 Å². The molecule has 4 nitrogen and oxygen atoms in total. The molecule has 1 aliphatic carbocycles. The fourth-order valence-corrected chi connectivity index (χ4v) is 4.34. The smallest absolute Gasteiger partial charge is 0.220 e. The molecule has 1 aliphatic heterocycles. The van der Waals surface area contributed by atoms with Gasteiger partial charge in [0.25, 0.3) is 0 Å². The summed E-state index contributed by atoms with van der Waals surface area (Å²) in [6.07, 6.45) is 5.78. The first-order valence-corrected chi connectivity index (χ1v) is 9.47. The van der Waals surface area contributed by atoms with Crippen LogP contribution in [0.3, 0.4) is 0 Å². The molecule has 1 saturated heterocycles. The summed E-state index contributed by atoms with van der Waals surface area (Å²) in [6.45, 7) is 5.61. The SMILES string of the molecule is CNC(=O)CC1CCCCC1N1CCN(Cc2ccccc2)CC1. The molecule has 1 amide bonds. The molecule has 0 aromatic heterocycles. The van der Waals surface area contributed by atoms with E-state index in [0.29, 0.717) is 18.4 Å². The first-order valence-electron chi connectivity index (χ1n) is 9.47. The van der Waals surface area contributed by atoms with Gasteiger partial charge < -0.3 is 5.32 Å². The zero-order valence-electron chi connectivity index (χ0n) is 14.9. The number of nitrogens with zero attached hydrogens (tertiary/aromatic N) is 2. The number of amides is 1. The van der Waals surface area contributed by atoms with Crippen LogP contribution in [0.15, 0.2) is 30.3 Å². The summed E-state index contributed by atoms with van der Waals surface area (Å²) in [5.41, 5.74) is 1.40. The van der Waals surface area contributed by atoms with Gasteiger partial charge in [0.2, 0.25) is 5.91 Å². The molecule has 1 aromatic carbocycles. The van der Waals surface area contributed by atoms with E-state index in [1.807, 2.05) is 0 Å². The molecule has 2 fully saturated rings. The van der Waals surface area contributed by atoms with Gasteiger partial charge in [-0.1, -0.05) is 43.2 Å². The molecule has 132 valence electrons. The molecule has 0 radical (unpaired) electrons. The van der Waals surface area contributed by atoms with E-state index >= 15 is 0 Å². The van der Waals surface area contributed by atoms with E-state index < -0.39 is 0 Å². The Morgan fingerprint density at radius 1 is 1.08 bits per heavy atom. The quantitative estimate of drug-likeness (QED) is 0.901. The van der Waals surface area contributed by atoms with Crippen LogP contribution in [0.2, 0.25) is 0 Å². The Bertz CT molecular complexity index is 511. The summed E-state index contributed by atoms with van der Waals surface area (Å²) < 4.78 is 0. The van der Waals surface area contributed by atoms with Gasteiger partial charge in [-0.15, -0.1) is 0 Å². The molecular formula is C20H31N3O. The fraction of sp³-hybridized carbons (Fsp3) is 0.650. The Morgan fingerprint density at radius 3 is 2.50 bits per heavy atom. The zero-order valence-corrected chi connectivity index (χ0v) is 14.9. The van der Waals surface area contributed by atoms with Gasteiger partial charge in [-0.3, -0.25) is 14.6 Å². The second kappa shape index (κ2) is 8.63. The average Bonchev–Trinajstić information content (AvgIpc) is 2.64. The Kier molecular flexibility index (Phi) is 6.27. The van der Waals surface area contributed by atoms with Crippen molar-refractivity contribution in [1.29, 1.82) is 0 Å². The highest BCUT2D eigenvalue weighted by Gasteiger charge is 2.32. The second-order valence-corrected chi connectivity index (χ2v) is 7.29. The molecule has 1 saturated carbocycles. The van der Waals surface area contributed by atoms with Gasteiger partial charge in [-0.2, -0.15) is 0 Å². The van der Waals surface area contributed by atoms with Crippen molar-refractivity contribution in [1.82, 2.24) is 15.1 Å². The maximum Gasteiger partial charge on any atom is 0.220 e. The molecule has 1 heterocycles. The predicted molar refractivity (Wildman–Crippen MR) is 97.7 cm³/mol. The van der Waals surface area contributed by atoms with Crippen molar-refractivity contribution in [3.63, 3.8) is 0 Å². The van der Waals surface area contributed by atoms with Gasteiger partial charge in [-0.05, 0) is 24.3 Å². The second-order valence-electron chi connectivity index (χ2n) is 7.29. The van der Waals surface area contributed by atoms with Crippen LogP contribution in [0.4, 0.5) is 0 Å². The third-order valence-electron chi connectivity index (χ3n) is 5.72. The van der Waals surface area contributed by atoms with Crippen molar-refractivity contribution in [3.8, 4) is 0 Å². The van der Waals surface area contributed by atoms with Gasteiger partial charge in [0.15, 0.2) is 0 Å². The Balaban J connectivity index is 1.51. The highest BCUT2D eigenvalue weighted by molar-refractivity contribution is 5.75. The van der Waals surface area contributed by atoms with Crippen molar-refractivity contribution in [2.75, 3.05) is 33.2 Å². The summed E-state index contributed by atoms with van der Waals surface area (Å²) in [5.74, 6) is 0.744. The van der Waals surface area contributed by atoms with Crippen LogP contribution in [0.1, 0.15) is 37.7 Å². The standard InChI is InChI=1S/C20H31N3O/c1-21-20(24)15-18-9-5-6-10-19(18)23-13-11-22(12-14-23)16-17-7-3-2-4-8-17/h2-4,7-8,18-19H,5-6,9-16H2,1H3,(H,21,24). The highest BCUT2D eigenvalue weighted by atomic mass is 16.1. The normalized spacial score (nSPS) is 26.2. The number of carbonyl (C=O) groups is 1. The number of benzene rings is 1. The first kappa shape index (κ1) is 17.4. The van der Waals surface area contributed by atoms with Gasteiger partial charge in [0.05, 0.1) is 0 Å². The Morgan fingerprint density at radius 2 is 1.79 bits per heavy atom. The molecule has 24 heavy (non-hydrogen) atoms. The van der Waals surface area contributed by atoms with E-state index in [2.05, 4.69) is 45.4 Å². The Labute approximate surface area is 146 Å². The van der Waals surface area contributed by atoms with Crippen LogP contribution in [0, 0.1) is 5.92 Å². The maximum absolute atomic E-state index is 11.8. The minimum Gasteiger partial charge on any atom is -0.359 e. The molecule has 2 unspecified atom stereocenters. The van der Waals surface area contributed by atoms with Gasteiger partial charge >= 0.3 is 0 Å². The summed E-state index contributed by atoms with van der Waals surface area (Å²) in [6, 6.07) is 11.4. The number of carbonyl (C=O) groups excluding carboxylic acids is 1. The number of piperazine rings is 1. The topological polar surface area (TPSA) is 35.6 Å². The van der Waals surface area contributed by atoms with E-state index in [1.54, 1.807) is 7.05 Å². The number of hydrogen-bond donors (Lipinski definition) is 1. The van der Waals surface area contributed by atoms with E-state index in [0.717, 1.165) is 32.7 Å². The average molecular weight is 329 g/mol. The summed E-state index contributed by atoms with van der Waals surface area (Å²) >= 11 is 0. The summed E-state index contributed by atoms with van der Waals surface area (Å²) in [7, 11) is 1.75. The molecule has 1 N–H and O–H groups in total. The lowest BCUT2D eigenvalue weighted by atomic mass is 9.81. The molecule has 2 atom stereocenters. The summed E-state index contributed by atoms with van der Waals surface area (Å²) in [5, 5.41) is 2.80. The molecule has 0 bridgehead atoms. The van der Waals surface area contributed by atoms with Crippen molar-refractivity contribution in [2.24, 2.45) is 5.92 Å². The van der Waals surface area contributed by atoms with Crippen LogP contribution in [-0.2, 0) is 11.3 Å². The third-order valence-corrected chi connectivity index (χ3v) is 5.72. The van der Waals surface area contributed by atoms with Crippen LogP contribution in [0.25, 0.3) is 0 Å². The van der Waals surface area contributed by atoms with Gasteiger partial charge in [-0.25, -0.2) is 0 Å². The third kappa shape index (κ3) is 4.58. The van der Waals surface area contributed by atoms with Gasteiger partial charge in [0, 0.05) is 52.2 Å². The molecule has 2 aliphatic rings. The molecule has 4 heteroatoms. The van der Waals surface area contributed by atoms with Crippen molar-refractivity contribution in [2.45, 2.75) is 44.7 Å². The lowest BCUT2D eigenvalue weighted by molar-refractivity contribution is -0.122. The van der Waals surface area contributed by atoms with Crippen LogP contribution in [-0.4, -0.2) is 55.0 Å². The number of rotatable bonds is 5. The minimum atomic E-state index is 0.203. The van der Waals surface area contributed by atoms with Crippen LogP contribution < -0.4 is 5.32 Å². The van der Waals surface area contributed by atoms with E-state index in [1.165, 1.54) is 31.2 Å². The van der Waals surface area contributed by atoms with Gasteiger partial charge in [0.1, 0.15) is 0 Å². The molecule has 3 rings (SSSR count). The summed E-state index contributed by atoms with van der Waals surface area (Å²) in [4.78, 5) is 17.0. The van der Waals surface area contributed by atoms with Crippen molar-refractivity contribution < 1.29 is 4.79 Å². The minimum absolute atomic E-state index is 0.203. The zero-order chi connectivity index (χ0) is 16.8. The number of hydrogen-bond acceptors (Lipinski definition) is 3. The van der Waals surface area contributed by atoms with Crippen LogP contribution >= 0.6 is 0 Å². The van der Waals surface area contributed by atoms with Crippen molar-refractivity contribution in [3.05, 3.63) is 35.9 Å². The lowest BCUT2D eigenvalue weighted by Crippen LogP contribution is -2.53. The van der Waals surface area contributed by atoms with E-state index in [4.69, 9.17) is 0 Å². The molecular weight excluding hydrogens is 298 g/mol.